The summed E-state index contributed by atoms with van der Waals surface area (Å²) in [6.45, 7) is 8.55. The lowest BCUT2D eigenvalue weighted by atomic mass is 10.0. The van der Waals surface area contributed by atoms with Gasteiger partial charge in [0.25, 0.3) is 0 Å². The normalized spacial score (nSPS) is 22.4. The minimum atomic E-state index is -3.35. The lowest BCUT2D eigenvalue weighted by Gasteiger charge is -2.32. The van der Waals surface area contributed by atoms with Gasteiger partial charge < -0.3 is 4.90 Å². The molecule has 0 N–H and O–H groups in total. The van der Waals surface area contributed by atoms with Crippen molar-refractivity contribution >= 4 is 21.6 Å². The van der Waals surface area contributed by atoms with Crippen LogP contribution in [0.5, 0.6) is 0 Å². The predicted molar refractivity (Wildman–Crippen MR) is 137 cm³/mol. The van der Waals surface area contributed by atoms with Crippen LogP contribution < -0.4 is 4.90 Å². The van der Waals surface area contributed by atoms with E-state index in [4.69, 9.17) is 0 Å². The second kappa shape index (κ2) is 10.2. The van der Waals surface area contributed by atoms with Crippen LogP contribution >= 0.6 is 0 Å². The van der Waals surface area contributed by atoms with Gasteiger partial charge in [-0.05, 0) is 47.9 Å². The molecule has 0 radical (unpaired) electrons. The maximum Gasteiger partial charge on any atom is 0.223 e. The third kappa shape index (κ3) is 5.53. The van der Waals surface area contributed by atoms with Crippen molar-refractivity contribution in [2.45, 2.75) is 71.1 Å². The summed E-state index contributed by atoms with van der Waals surface area (Å²) in [6.07, 6.45) is 3.66. The van der Waals surface area contributed by atoms with Gasteiger partial charge in [-0.15, -0.1) is 0 Å². The molecule has 2 aliphatic heterocycles. The summed E-state index contributed by atoms with van der Waals surface area (Å²) in [5.41, 5.74) is 4.55. The van der Waals surface area contributed by atoms with Crippen molar-refractivity contribution in [1.29, 1.82) is 0 Å². The summed E-state index contributed by atoms with van der Waals surface area (Å²) in [6, 6.07) is 16.7. The molecule has 1 fully saturated rings. The molecule has 2 heterocycles. The van der Waals surface area contributed by atoms with Gasteiger partial charge in [0.15, 0.2) is 0 Å². The lowest BCUT2D eigenvalue weighted by molar-refractivity contribution is -0.116. The van der Waals surface area contributed by atoms with Crippen LogP contribution in [0.1, 0.15) is 62.6 Å². The Bertz CT molecular complexity index is 1110. The first-order chi connectivity index (χ1) is 16.1. The standard InChI is InChI=1S/C27H37N3O3S/c1-20(2)23-11-9-22(10-12-23)17-28-18-24-7-5-6-8-27(24)29(21(3)31)16-15-25-13-14-26(19-28)30(25)34(4,32)33/h5-12,20,25-26H,13-19H2,1-4H3/t25-,26+/m1/s1. The molecule has 0 aromatic heterocycles. The molecule has 4 rings (SSSR count). The summed E-state index contributed by atoms with van der Waals surface area (Å²) in [5, 5.41) is 0. The van der Waals surface area contributed by atoms with Gasteiger partial charge in [0.2, 0.25) is 15.9 Å². The summed E-state index contributed by atoms with van der Waals surface area (Å²) in [7, 11) is -3.35. The van der Waals surface area contributed by atoms with Crippen LogP contribution in [-0.2, 0) is 27.9 Å². The van der Waals surface area contributed by atoms with Crippen molar-refractivity contribution in [3.63, 3.8) is 0 Å². The molecule has 2 bridgehead atoms. The first kappa shape index (κ1) is 24.9. The van der Waals surface area contributed by atoms with E-state index in [-0.39, 0.29) is 18.0 Å². The van der Waals surface area contributed by atoms with Crippen molar-refractivity contribution in [3.8, 4) is 0 Å². The molecule has 1 amide bonds. The highest BCUT2D eigenvalue weighted by Crippen LogP contribution is 2.33. The molecular formula is C27H37N3O3S. The van der Waals surface area contributed by atoms with E-state index in [1.165, 1.54) is 17.4 Å². The second-order valence-corrected chi connectivity index (χ2v) is 12.0. The zero-order valence-electron chi connectivity index (χ0n) is 20.8. The first-order valence-corrected chi connectivity index (χ1v) is 14.1. The van der Waals surface area contributed by atoms with E-state index in [0.717, 1.165) is 30.6 Å². The zero-order valence-corrected chi connectivity index (χ0v) is 21.6. The third-order valence-corrected chi connectivity index (χ3v) is 8.56. The molecule has 0 spiro atoms. The van der Waals surface area contributed by atoms with Gasteiger partial charge in [-0.25, -0.2) is 8.42 Å². The van der Waals surface area contributed by atoms with E-state index in [9.17, 15) is 13.2 Å². The molecule has 0 aliphatic carbocycles. The molecule has 2 aliphatic rings. The number of sulfonamides is 1. The number of fused-ring (bicyclic) bond motifs is 3. The van der Waals surface area contributed by atoms with Crippen LogP contribution in [0.2, 0.25) is 0 Å². The van der Waals surface area contributed by atoms with E-state index in [2.05, 4.69) is 49.1 Å². The van der Waals surface area contributed by atoms with Crippen molar-refractivity contribution in [3.05, 3.63) is 65.2 Å². The van der Waals surface area contributed by atoms with Crippen LogP contribution in [0.25, 0.3) is 0 Å². The summed E-state index contributed by atoms with van der Waals surface area (Å²) >= 11 is 0. The molecule has 7 heteroatoms. The smallest absolute Gasteiger partial charge is 0.223 e. The van der Waals surface area contributed by atoms with Gasteiger partial charge in [-0.3, -0.25) is 9.69 Å². The van der Waals surface area contributed by atoms with Crippen LogP contribution in [0.15, 0.2) is 48.5 Å². The number of nitrogens with zero attached hydrogens (tertiary/aromatic N) is 3. The van der Waals surface area contributed by atoms with Crippen LogP contribution in [0.3, 0.4) is 0 Å². The van der Waals surface area contributed by atoms with Gasteiger partial charge >= 0.3 is 0 Å². The summed E-state index contributed by atoms with van der Waals surface area (Å²) in [4.78, 5) is 16.8. The Hall–Kier alpha value is -2.22. The van der Waals surface area contributed by atoms with Crippen LogP contribution in [0.4, 0.5) is 5.69 Å². The minimum absolute atomic E-state index is 0.0111. The maximum atomic E-state index is 12.8. The molecule has 6 nitrogen and oxygen atoms in total. The number of anilines is 1. The molecular weight excluding hydrogens is 446 g/mol. The van der Waals surface area contributed by atoms with Crippen molar-refractivity contribution in [2.24, 2.45) is 0 Å². The number of rotatable bonds is 4. The highest BCUT2D eigenvalue weighted by molar-refractivity contribution is 7.88. The molecule has 2 aromatic carbocycles. The Kier molecular flexibility index (Phi) is 7.45. The average molecular weight is 484 g/mol. The lowest BCUT2D eigenvalue weighted by Crippen LogP contribution is -2.46. The quantitative estimate of drug-likeness (QED) is 0.648. The number of carbonyl (C=O) groups excluding carboxylic acids is 1. The summed E-state index contributed by atoms with van der Waals surface area (Å²) in [5.74, 6) is 0.470. The highest BCUT2D eigenvalue weighted by atomic mass is 32.2. The fraction of sp³-hybridized carbons (Fsp3) is 0.519. The Morgan fingerprint density at radius 2 is 1.68 bits per heavy atom. The van der Waals surface area contributed by atoms with E-state index in [1.807, 2.05) is 23.1 Å². The van der Waals surface area contributed by atoms with Crippen molar-refractivity contribution in [2.75, 3.05) is 24.2 Å². The van der Waals surface area contributed by atoms with Gasteiger partial charge in [-0.1, -0.05) is 56.3 Å². The van der Waals surface area contributed by atoms with E-state index < -0.39 is 10.0 Å². The Balaban J connectivity index is 1.72. The van der Waals surface area contributed by atoms with Gasteiger partial charge in [0, 0.05) is 50.9 Å². The number of benzene rings is 2. The summed E-state index contributed by atoms with van der Waals surface area (Å²) < 4.78 is 27.4. The number of para-hydroxylation sites is 1. The van der Waals surface area contributed by atoms with E-state index >= 15 is 0 Å². The monoisotopic (exact) mass is 483 g/mol. The van der Waals surface area contributed by atoms with Crippen LogP contribution in [0, 0.1) is 0 Å². The van der Waals surface area contributed by atoms with E-state index in [1.54, 1.807) is 11.2 Å². The third-order valence-electron chi connectivity index (χ3n) is 7.20. The minimum Gasteiger partial charge on any atom is -0.312 e. The Morgan fingerprint density at radius 1 is 1.00 bits per heavy atom. The Morgan fingerprint density at radius 3 is 2.32 bits per heavy atom. The highest BCUT2D eigenvalue weighted by Gasteiger charge is 2.40. The largest absolute Gasteiger partial charge is 0.312 e. The fourth-order valence-corrected chi connectivity index (χ4v) is 7.01. The average Bonchev–Trinajstić information content (AvgIpc) is 3.16. The number of carbonyl (C=O) groups is 1. The topological polar surface area (TPSA) is 60.9 Å². The van der Waals surface area contributed by atoms with Gasteiger partial charge in [0.1, 0.15) is 0 Å². The van der Waals surface area contributed by atoms with Crippen LogP contribution in [-0.4, -0.2) is 55.0 Å². The molecule has 0 saturated carbocycles. The molecule has 0 unspecified atom stereocenters. The molecule has 2 atom stereocenters. The van der Waals surface area contributed by atoms with Gasteiger partial charge in [-0.2, -0.15) is 4.31 Å². The first-order valence-electron chi connectivity index (χ1n) is 12.3. The molecule has 1 saturated heterocycles. The number of amides is 1. The van der Waals surface area contributed by atoms with Gasteiger partial charge in [0.05, 0.1) is 6.26 Å². The fourth-order valence-electron chi connectivity index (χ4n) is 5.55. The molecule has 34 heavy (non-hydrogen) atoms. The van der Waals surface area contributed by atoms with E-state index in [0.29, 0.717) is 32.0 Å². The number of hydrogen-bond acceptors (Lipinski definition) is 4. The maximum absolute atomic E-state index is 12.8. The van der Waals surface area contributed by atoms with Crippen molar-refractivity contribution < 1.29 is 13.2 Å². The zero-order chi connectivity index (χ0) is 24.5. The SMILES string of the molecule is CC(=O)N1CC[C@H]2CC[C@@H](CN(Cc3ccc(C(C)C)cc3)Cc3ccccc31)N2S(C)(=O)=O. The van der Waals surface area contributed by atoms with Crippen molar-refractivity contribution in [1.82, 2.24) is 9.21 Å². The Labute approximate surface area is 204 Å². The molecule has 184 valence electrons. The number of hydrogen-bond donors (Lipinski definition) is 0. The molecule has 2 aromatic rings. The second-order valence-electron chi connectivity index (χ2n) is 10.1. The predicted octanol–water partition coefficient (Wildman–Crippen LogP) is 4.36.